The van der Waals surface area contributed by atoms with Gasteiger partial charge < -0.3 is 15.6 Å². The molecule has 0 radical (unpaired) electrons. The Bertz CT molecular complexity index is 688. The summed E-state index contributed by atoms with van der Waals surface area (Å²) in [6.45, 7) is 0. The number of nitrogens with two attached hydrogens (primary N) is 1. The summed E-state index contributed by atoms with van der Waals surface area (Å²) in [7, 11) is 0. The smallest absolute Gasteiger partial charge is 0.337 e. The molecular weight excluding hydrogens is 284 g/mol. The van der Waals surface area contributed by atoms with Gasteiger partial charge in [-0.1, -0.05) is 11.6 Å². The van der Waals surface area contributed by atoms with E-state index in [-0.39, 0.29) is 27.8 Å². The number of aromatic carboxylic acids is 1. The molecule has 0 atom stereocenters. The lowest BCUT2D eigenvalue weighted by Gasteiger charge is -2.08. The number of pyridine rings is 1. The zero-order valence-corrected chi connectivity index (χ0v) is 10.8. The SMILES string of the molecule is NC(=O)c1cccnc1Oc1ccc(Cl)c(C(=O)O)c1. The quantitative estimate of drug-likeness (QED) is 0.900. The molecule has 0 saturated heterocycles. The number of primary amides is 1. The van der Waals surface area contributed by atoms with Crippen LogP contribution in [0.4, 0.5) is 0 Å². The second kappa shape index (κ2) is 5.58. The van der Waals surface area contributed by atoms with Crippen molar-refractivity contribution in [3.8, 4) is 11.6 Å². The number of carbonyl (C=O) groups excluding carboxylic acids is 1. The summed E-state index contributed by atoms with van der Waals surface area (Å²) in [4.78, 5) is 26.1. The predicted molar refractivity (Wildman–Crippen MR) is 71.2 cm³/mol. The van der Waals surface area contributed by atoms with Crippen LogP contribution < -0.4 is 10.5 Å². The molecule has 0 unspecified atom stereocenters. The fourth-order valence-electron chi connectivity index (χ4n) is 1.50. The van der Waals surface area contributed by atoms with Gasteiger partial charge >= 0.3 is 5.97 Å². The molecule has 102 valence electrons. The van der Waals surface area contributed by atoms with Gasteiger partial charge in [0.05, 0.1) is 10.6 Å². The molecule has 3 N–H and O–H groups in total. The fraction of sp³-hybridized carbons (Fsp3) is 0. The highest BCUT2D eigenvalue weighted by atomic mass is 35.5. The summed E-state index contributed by atoms with van der Waals surface area (Å²) in [5, 5.41) is 9.05. The average Bonchev–Trinajstić information content (AvgIpc) is 2.41. The number of nitrogens with zero attached hydrogens (tertiary/aromatic N) is 1. The number of amides is 1. The minimum absolute atomic E-state index is 0.00124. The predicted octanol–water partition coefficient (Wildman–Crippen LogP) is 2.32. The van der Waals surface area contributed by atoms with Crippen LogP contribution in [0, 0.1) is 0 Å². The Hall–Kier alpha value is -2.60. The minimum atomic E-state index is -1.18. The van der Waals surface area contributed by atoms with Crippen LogP contribution >= 0.6 is 11.6 Å². The molecule has 1 amide bonds. The zero-order valence-electron chi connectivity index (χ0n) is 10.0. The first-order chi connectivity index (χ1) is 9.49. The summed E-state index contributed by atoms with van der Waals surface area (Å²) in [5.41, 5.74) is 5.18. The van der Waals surface area contributed by atoms with E-state index < -0.39 is 11.9 Å². The summed E-state index contributed by atoms with van der Waals surface area (Å²) < 4.78 is 5.38. The van der Waals surface area contributed by atoms with E-state index in [2.05, 4.69) is 4.98 Å². The highest BCUT2D eigenvalue weighted by Gasteiger charge is 2.14. The highest BCUT2D eigenvalue weighted by Crippen LogP contribution is 2.27. The second-order valence-electron chi connectivity index (χ2n) is 3.77. The Labute approximate surface area is 118 Å². The fourth-order valence-corrected chi connectivity index (χ4v) is 1.70. The molecular formula is C13H9ClN2O4. The van der Waals surface area contributed by atoms with E-state index in [4.69, 9.17) is 27.2 Å². The van der Waals surface area contributed by atoms with Crippen LogP contribution in [0.15, 0.2) is 36.5 Å². The molecule has 0 aliphatic heterocycles. The number of hydrogen-bond acceptors (Lipinski definition) is 4. The highest BCUT2D eigenvalue weighted by molar-refractivity contribution is 6.33. The molecule has 2 aromatic rings. The Morgan fingerprint density at radius 2 is 2.00 bits per heavy atom. The second-order valence-corrected chi connectivity index (χ2v) is 4.18. The third-order valence-corrected chi connectivity index (χ3v) is 2.75. The molecule has 6 nitrogen and oxygen atoms in total. The summed E-state index contributed by atoms with van der Waals surface area (Å²) in [6.07, 6.45) is 1.43. The maximum absolute atomic E-state index is 11.2. The number of carbonyl (C=O) groups is 2. The van der Waals surface area contributed by atoms with Crippen LogP contribution in [0.5, 0.6) is 11.6 Å². The standard InChI is InChI=1S/C13H9ClN2O4/c14-10-4-3-7(6-9(10)13(18)19)20-12-8(11(15)17)2-1-5-16-12/h1-6H,(H2,15,17)(H,18,19). The van der Waals surface area contributed by atoms with Crippen LogP contribution in [0.1, 0.15) is 20.7 Å². The molecule has 0 bridgehead atoms. The van der Waals surface area contributed by atoms with Gasteiger partial charge in [-0.2, -0.15) is 0 Å². The van der Waals surface area contributed by atoms with Gasteiger partial charge in [-0.05, 0) is 30.3 Å². The number of hydrogen-bond donors (Lipinski definition) is 2. The van der Waals surface area contributed by atoms with Crippen LogP contribution in [0.2, 0.25) is 5.02 Å². The first-order valence-corrected chi connectivity index (χ1v) is 5.82. The summed E-state index contributed by atoms with van der Waals surface area (Å²) >= 11 is 5.75. The number of rotatable bonds is 4. The molecule has 1 aromatic heterocycles. The van der Waals surface area contributed by atoms with E-state index in [1.54, 1.807) is 0 Å². The van der Waals surface area contributed by atoms with Crippen molar-refractivity contribution in [2.24, 2.45) is 5.73 Å². The van der Waals surface area contributed by atoms with Gasteiger partial charge in [0, 0.05) is 6.20 Å². The van der Waals surface area contributed by atoms with Crippen LogP contribution in [-0.2, 0) is 0 Å². The number of benzene rings is 1. The molecule has 0 saturated carbocycles. The van der Waals surface area contributed by atoms with Gasteiger partial charge in [-0.25, -0.2) is 9.78 Å². The lowest BCUT2D eigenvalue weighted by atomic mass is 10.2. The van der Waals surface area contributed by atoms with Gasteiger partial charge in [0.1, 0.15) is 11.3 Å². The van der Waals surface area contributed by atoms with Gasteiger partial charge in [0.2, 0.25) is 5.88 Å². The summed E-state index contributed by atoms with van der Waals surface area (Å²) in [5.74, 6) is -1.69. The molecule has 1 aromatic carbocycles. The van der Waals surface area contributed by atoms with E-state index in [0.29, 0.717) is 0 Å². The minimum Gasteiger partial charge on any atom is -0.478 e. The van der Waals surface area contributed by atoms with Crippen molar-refractivity contribution in [2.75, 3.05) is 0 Å². The number of carboxylic acids is 1. The molecule has 0 aliphatic rings. The Balaban J connectivity index is 2.38. The molecule has 1 heterocycles. The topological polar surface area (TPSA) is 103 Å². The van der Waals surface area contributed by atoms with Crippen molar-refractivity contribution >= 4 is 23.5 Å². The maximum atomic E-state index is 11.2. The van der Waals surface area contributed by atoms with E-state index in [1.165, 1.54) is 36.5 Å². The third-order valence-electron chi connectivity index (χ3n) is 2.42. The molecule has 20 heavy (non-hydrogen) atoms. The number of carboxylic acid groups (broad SMARTS) is 1. The first-order valence-electron chi connectivity index (χ1n) is 5.44. The molecule has 0 aliphatic carbocycles. The van der Waals surface area contributed by atoms with Crippen LogP contribution in [0.25, 0.3) is 0 Å². The normalized spacial score (nSPS) is 10.1. The monoisotopic (exact) mass is 292 g/mol. The molecule has 0 spiro atoms. The number of aromatic nitrogens is 1. The van der Waals surface area contributed by atoms with Crippen molar-refractivity contribution in [1.82, 2.24) is 4.98 Å². The molecule has 7 heteroatoms. The van der Waals surface area contributed by atoms with Crippen molar-refractivity contribution in [2.45, 2.75) is 0 Å². The Morgan fingerprint density at radius 1 is 1.25 bits per heavy atom. The van der Waals surface area contributed by atoms with Crippen molar-refractivity contribution in [1.29, 1.82) is 0 Å². The largest absolute Gasteiger partial charge is 0.478 e. The van der Waals surface area contributed by atoms with E-state index in [1.807, 2.05) is 0 Å². The van der Waals surface area contributed by atoms with E-state index >= 15 is 0 Å². The third kappa shape index (κ3) is 2.86. The van der Waals surface area contributed by atoms with Crippen molar-refractivity contribution in [3.05, 3.63) is 52.7 Å². The summed E-state index contributed by atoms with van der Waals surface area (Å²) in [6, 6.07) is 7.09. The van der Waals surface area contributed by atoms with Gasteiger partial charge in [-0.15, -0.1) is 0 Å². The average molecular weight is 293 g/mol. The van der Waals surface area contributed by atoms with Gasteiger partial charge in [0.15, 0.2) is 0 Å². The van der Waals surface area contributed by atoms with E-state index in [0.717, 1.165) is 0 Å². The van der Waals surface area contributed by atoms with Crippen molar-refractivity contribution in [3.63, 3.8) is 0 Å². The molecule has 2 rings (SSSR count). The van der Waals surface area contributed by atoms with Crippen molar-refractivity contribution < 1.29 is 19.4 Å². The first kappa shape index (κ1) is 13.8. The van der Waals surface area contributed by atoms with Crippen LogP contribution in [0.3, 0.4) is 0 Å². The number of ether oxygens (including phenoxy) is 1. The maximum Gasteiger partial charge on any atom is 0.337 e. The Kier molecular flexibility index (Phi) is 3.86. The van der Waals surface area contributed by atoms with E-state index in [9.17, 15) is 9.59 Å². The number of halogens is 1. The lowest BCUT2D eigenvalue weighted by molar-refractivity contribution is 0.0696. The van der Waals surface area contributed by atoms with Crippen LogP contribution in [-0.4, -0.2) is 22.0 Å². The zero-order chi connectivity index (χ0) is 14.7. The Morgan fingerprint density at radius 3 is 2.65 bits per heavy atom. The lowest BCUT2D eigenvalue weighted by Crippen LogP contribution is -2.12. The van der Waals surface area contributed by atoms with Gasteiger partial charge in [0.25, 0.3) is 5.91 Å². The van der Waals surface area contributed by atoms with Gasteiger partial charge in [-0.3, -0.25) is 4.79 Å². The molecule has 0 fully saturated rings.